The van der Waals surface area contributed by atoms with E-state index in [-0.39, 0.29) is 11.3 Å². The van der Waals surface area contributed by atoms with Gasteiger partial charge in [0.15, 0.2) is 0 Å². The predicted octanol–water partition coefficient (Wildman–Crippen LogP) is 2.04. The van der Waals surface area contributed by atoms with Crippen molar-refractivity contribution in [2.24, 2.45) is 5.10 Å². The molecule has 2 rings (SSSR count). The van der Waals surface area contributed by atoms with Crippen molar-refractivity contribution >= 4 is 29.7 Å². The maximum atomic E-state index is 11.8. The van der Waals surface area contributed by atoms with Crippen LogP contribution in [-0.2, 0) is 16.0 Å². The van der Waals surface area contributed by atoms with Gasteiger partial charge >= 0.3 is 17.8 Å². The standard InChI is InChI=1S/C19H19N3O5/c1-3-12-4-7-14(8-5-12)21-17(23)18(24)22-20-11-13-6-9-16(27-2)15(10-13)19(25)26/h4-11H,3H2,1-2H3,(H,21,23)(H,22,24)(H,25,26)/b20-11-. The van der Waals surface area contributed by atoms with Crippen LogP contribution in [0.15, 0.2) is 47.6 Å². The van der Waals surface area contributed by atoms with Crippen LogP contribution in [0.4, 0.5) is 5.69 Å². The molecule has 0 unspecified atom stereocenters. The molecule has 27 heavy (non-hydrogen) atoms. The van der Waals surface area contributed by atoms with Crippen LogP contribution in [0.1, 0.15) is 28.4 Å². The number of benzene rings is 2. The lowest BCUT2D eigenvalue weighted by molar-refractivity contribution is -0.136. The molecule has 140 valence electrons. The summed E-state index contributed by atoms with van der Waals surface area (Å²) in [6, 6.07) is 11.5. The highest BCUT2D eigenvalue weighted by Crippen LogP contribution is 2.19. The first kappa shape index (κ1) is 19.6. The molecule has 0 aliphatic heterocycles. The Kier molecular flexibility index (Phi) is 6.65. The Labute approximate surface area is 155 Å². The maximum Gasteiger partial charge on any atom is 0.339 e. The normalized spacial score (nSPS) is 10.4. The SMILES string of the molecule is CCc1ccc(NC(=O)C(=O)N/N=C\c2ccc(OC)c(C(=O)O)c2)cc1. The van der Waals surface area contributed by atoms with E-state index < -0.39 is 17.8 Å². The van der Waals surface area contributed by atoms with Gasteiger partial charge in [0.2, 0.25) is 0 Å². The Hall–Kier alpha value is -3.68. The Bertz CT molecular complexity index is 875. The summed E-state index contributed by atoms with van der Waals surface area (Å²) in [6.07, 6.45) is 2.10. The minimum atomic E-state index is -1.15. The number of carboxylic acid groups (broad SMARTS) is 1. The third-order valence-corrected chi connectivity index (χ3v) is 3.66. The smallest absolute Gasteiger partial charge is 0.339 e. The number of aromatic carboxylic acids is 1. The molecule has 0 spiro atoms. The quantitative estimate of drug-likeness (QED) is 0.409. The minimum Gasteiger partial charge on any atom is -0.496 e. The highest BCUT2D eigenvalue weighted by Gasteiger charge is 2.13. The summed E-state index contributed by atoms with van der Waals surface area (Å²) in [4.78, 5) is 34.8. The summed E-state index contributed by atoms with van der Waals surface area (Å²) in [5.41, 5.74) is 4.08. The number of hydrogen-bond donors (Lipinski definition) is 3. The van der Waals surface area contributed by atoms with E-state index in [2.05, 4.69) is 15.8 Å². The highest BCUT2D eigenvalue weighted by atomic mass is 16.5. The molecule has 0 saturated carbocycles. The molecule has 0 atom stereocenters. The van der Waals surface area contributed by atoms with E-state index in [9.17, 15) is 14.4 Å². The molecule has 8 nitrogen and oxygen atoms in total. The molecule has 2 aromatic carbocycles. The first-order valence-corrected chi connectivity index (χ1v) is 8.09. The van der Waals surface area contributed by atoms with Crippen LogP contribution in [0.5, 0.6) is 5.75 Å². The van der Waals surface area contributed by atoms with Gasteiger partial charge in [0.1, 0.15) is 11.3 Å². The van der Waals surface area contributed by atoms with Crippen molar-refractivity contribution in [2.75, 3.05) is 12.4 Å². The summed E-state index contributed by atoms with van der Waals surface area (Å²) in [5, 5.41) is 15.3. The van der Waals surface area contributed by atoms with E-state index in [1.807, 2.05) is 19.1 Å². The van der Waals surface area contributed by atoms with E-state index >= 15 is 0 Å². The monoisotopic (exact) mass is 369 g/mol. The van der Waals surface area contributed by atoms with Crippen molar-refractivity contribution in [3.8, 4) is 5.75 Å². The second kappa shape index (κ2) is 9.14. The summed E-state index contributed by atoms with van der Waals surface area (Å²) >= 11 is 0. The number of aryl methyl sites for hydroxylation is 1. The van der Waals surface area contributed by atoms with Crippen molar-refractivity contribution < 1.29 is 24.2 Å². The number of nitrogens with zero attached hydrogens (tertiary/aromatic N) is 1. The number of ether oxygens (including phenoxy) is 1. The molecule has 0 aromatic heterocycles. The molecule has 2 amide bonds. The number of hydrazone groups is 1. The fourth-order valence-electron chi connectivity index (χ4n) is 2.20. The number of rotatable bonds is 6. The number of carboxylic acids is 1. The van der Waals surface area contributed by atoms with Crippen LogP contribution >= 0.6 is 0 Å². The molecule has 0 aliphatic carbocycles. The van der Waals surface area contributed by atoms with Crippen LogP contribution < -0.4 is 15.5 Å². The largest absolute Gasteiger partial charge is 0.496 e. The number of hydrogen-bond acceptors (Lipinski definition) is 5. The summed E-state index contributed by atoms with van der Waals surface area (Å²) in [7, 11) is 1.37. The van der Waals surface area contributed by atoms with Gasteiger partial charge in [-0.25, -0.2) is 10.2 Å². The van der Waals surface area contributed by atoms with Gasteiger partial charge in [-0.1, -0.05) is 19.1 Å². The van der Waals surface area contributed by atoms with Gasteiger partial charge in [-0.15, -0.1) is 0 Å². The summed E-state index contributed by atoms with van der Waals surface area (Å²) in [6.45, 7) is 2.02. The van der Waals surface area contributed by atoms with Crippen molar-refractivity contribution in [2.45, 2.75) is 13.3 Å². The van der Waals surface area contributed by atoms with E-state index in [1.165, 1.54) is 25.5 Å². The van der Waals surface area contributed by atoms with Crippen LogP contribution in [0, 0.1) is 0 Å². The zero-order chi connectivity index (χ0) is 19.8. The lowest BCUT2D eigenvalue weighted by Crippen LogP contribution is -2.32. The average molecular weight is 369 g/mol. The van der Waals surface area contributed by atoms with Gasteiger partial charge < -0.3 is 15.2 Å². The van der Waals surface area contributed by atoms with Gasteiger partial charge in [-0.2, -0.15) is 5.10 Å². The fourth-order valence-corrected chi connectivity index (χ4v) is 2.20. The molecule has 0 fully saturated rings. The number of nitrogens with one attached hydrogen (secondary N) is 2. The van der Waals surface area contributed by atoms with Crippen molar-refractivity contribution in [1.29, 1.82) is 0 Å². The molecule has 0 aliphatic rings. The third kappa shape index (κ3) is 5.40. The molecule has 8 heteroatoms. The number of carbonyl (C=O) groups is 3. The van der Waals surface area contributed by atoms with E-state index in [4.69, 9.17) is 9.84 Å². The van der Waals surface area contributed by atoms with Crippen molar-refractivity contribution in [3.63, 3.8) is 0 Å². The molecule has 0 bridgehead atoms. The highest BCUT2D eigenvalue weighted by molar-refractivity contribution is 6.39. The zero-order valence-corrected chi connectivity index (χ0v) is 14.9. The summed E-state index contributed by atoms with van der Waals surface area (Å²) < 4.78 is 4.96. The fraction of sp³-hybridized carbons (Fsp3) is 0.158. The second-order valence-corrected chi connectivity index (χ2v) is 5.47. The molecule has 2 aromatic rings. The van der Waals surface area contributed by atoms with Crippen LogP contribution in [-0.4, -0.2) is 36.2 Å². The second-order valence-electron chi connectivity index (χ2n) is 5.47. The number of anilines is 1. The Balaban J connectivity index is 1.96. The van der Waals surface area contributed by atoms with Gasteiger partial charge in [0.25, 0.3) is 0 Å². The van der Waals surface area contributed by atoms with Crippen molar-refractivity contribution in [3.05, 3.63) is 59.2 Å². The van der Waals surface area contributed by atoms with Crippen LogP contribution in [0.2, 0.25) is 0 Å². The number of methoxy groups -OCH3 is 1. The molecular formula is C19H19N3O5. The lowest BCUT2D eigenvalue weighted by atomic mass is 10.1. The molecule has 3 N–H and O–H groups in total. The number of carbonyl (C=O) groups excluding carboxylic acids is 2. The molecule has 0 radical (unpaired) electrons. The number of amides is 2. The maximum absolute atomic E-state index is 11.8. The third-order valence-electron chi connectivity index (χ3n) is 3.66. The average Bonchev–Trinajstić information content (AvgIpc) is 2.68. The zero-order valence-electron chi connectivity index (χ0n) is 14.9. The van der Waals surface area contributed by atoms with Gasteiger partial charge in [0, 0.05) is 5.69 Å². The first-order valence-electron chi connectivity index (χ1n) is 8.09. The summed E-state index contributed by atoms with van der Waals surface area (Å²) in [5.74, 6) is -2.76. The van der Waals surface area contributed by atoms with E-state index in [0.717, 1.165) is 12.0 Å². The van der Waals surface area contributed by atoms with E-state index in [0.29, 0.717) is 11.3 Å². The lowest BCUT2D eigenvalue weighted by Gasteiger charge is -2.06. The van der Waals surface area contributed by atoms with E-state index in [1.54, 1.807) is 18.2 Å². The van der Waals surface area contributed by atoms with Gasteiger partial charge in [-0.05, 0) is 47.9 Å². The predicted molar refractivity (Wildman–Crippen MR) is 100 cm³/mol. The van der Waals surface area contributed by atoms with Gasteiger partial charge in [0.05, 0.1) is 13.3 Å². The van der Waals surface area contributed by atoms with Gasteiger partial charge in [-0.3, -0.25) is 9.59 Å². The minimum absolute atomic E-state index is 0.0407. The topological polar surface area (TPSA) is 117 Å². The Morgan fingerprint density at radius 2 is 1.81 bits per heavy atom. The Morgan fingerprint density at radius 3 is 2.41 bits per heavy atom. The Morgan fingerprint density at radius 1 is 1.11 bits per heavy atom. The molecule has 0 saturated heterocycles. The molecule has 0 heterocycles. The first-order chi connectivity index (χ1) is 12.9. The van der Waals surface area contributed by atoms with Crippen LogP contribution in [0.3, 0.4) is 0 Å². The van der Waals surface area contributed by atoms with Crippen molar-refractivity contribution in [1.82, 2.24) is 5.43 Å². The molecular weight excluding hydrogens is 350 g/mol. The van der Waals surface area contributed by atoms with Crippen LogP contribution in [0.25, 0.3) is 0 Å².